The van der Waals surface area contributed by atoms with Crippen molar-refractivity contribution in [1.29, 1.82) is 0 Å². The second-order valence-electron chi connectivity index (χ2n) is 10.8. The van der Waals surface area contributed by atoms with E-state index < -0.39 is 6.04 Å². The van der Waals surface area contributed by atoms with Crippen molar-refractivity contribution in [1.82, 2.24) is 35.5 Å². The van der Waals surface area contributed by atoms with Gasteiger partial charge in [-0.2, -0.15) is 0 Å². The lowest BCUT2D eigenvalue weighted by Gasteiger charge is -2.30. The van der Waals surface area contributed by atoms with Crippen molar-refractivity contribution in [3.63, 3.8) is 0 Å². The standard InChI is InChI=1S/C31H36N8O3/c1-18(2)27(38-31(42)32-4)29(41)39-15-5-6-26(39)28-33-16-24(36-28)22-11-7-20(8-12-22)21-9-13-23(14-10-21)25-17-34-30(37-25)35-19(3)40/h7-14,16-18,26-27H,5-6,15H2,1-4H3,(H,33,36)(H2,32,38,42)(H2,34,35,37,40). The average Bonchev–Trinajstić information content (AvgIpc) is 3.76. The summed E-state index contributed by atoms with van der Waals surface area (Å²) in [4.78, 5) is 53.8. The Morgan fingerprint density at radius 3 is 2.02 bits per heavy atom. The quantitative estimate of drug-likeness (QED) is 0.209. The maximum atomic E-state index is 13.4. The number of carbonyl (C=O) groups is 3. The number of urea groups is 1. The van der Waals surface area contributed by atoms with Gasteiger partial charge in [0.05, 0.1) is 29.8 Å². The SMILES string of the molecule is CNC(=O)NC(C(=O)N1CCCC1c1ncc(-c2ccc(-c3ccc(-c4cnc(NC(C)=O)[nH]4)cc3)cc2)[nH]1)C(C)C. The Kier molecular flexibility index (Phi) is 8.37. The molecule has 42 heavy (non-hydrogen) atoms. The Morgan fingerprint density at radius 1 is 0.881 bits per heavy atom. The van der Waals surface area contributed by atoms with Gasteiger partial charge in [-0.15, -0.1) is 0 Å². The molecular weight excluding hydrogens is 532 g/mol. The third-order valence-electron chi connectivity index (χ3n) is 7.49. The summed E-state index contributed by atoms with van der Waals surface area (Å²) in [6, 6.07) is 15.2. The summed E-state index contributed by atoms with van der Waals surface area (Å²) in [5.41, 5.74) is 5.80. The highest BCUT2D eigenvalue weighted by Crippen LogP contribution is 2.33. The highest BCUT2D eigenvalue weighted by atomic mass is 16.2. The molecule has 0 saturated carbocycles. The maximum absolute atomic E-state index is 13.4. The number of aromatic amines is 2. The van der Waals surface area contributed by atoms with E-state index in [1.807, 2.05) is 49.2 Å². The number of hydrogen-bond acceptors (Lipinski definition) is 5. The molecular formula is C31H36N8O3. The maximum Gasteiger partial charge on any atom is 0.315 e. The summed E-state index contributed by atoms with van der Waals surface area (Å²) in [6.45, 7) is 5.92. The van der Waals surface area contributed by atoms with Crippen molar-refractivity contribution >= 4 is 23.8 Å². The van der Waals surface area contributed by atoms with Crippen LogP contribution in [0.3, 0.4) is 0 Å². The van der Waals surface area contributed by atoms with Gasteiger partial charge in [-0.3, -0.25) is 14.9 Å². The van der Waals surface area contributed by atoms with Gasteiger partial charge in [0.1, 0.15) is 11.9 Å². The van der Waals surface area contributed by atoms with Crippen molar-refractivity contribution in [2.24, 2.45) is 5.92 Å². The first-order valence-electron chi connectivity index (χ1n) is 14.1. The van der Waals surface area contributed by atoms with Crippen LogP contribution in [0.5, 0.6) is 0 Å². The van der Waals surface area contributed by atoms with Crippen LogP contribution in [0.4, 0.5) is 10.7 Å². The molecule has 218 valence electrons. The molecule has 0 radical (unpaired) electrons. The van der Waals surface area contributed by atoms with Crippen LogP contribution in [0.1, 0.15) is 45.5 Å². The van der Waals surface area contributed by atoms with E-state index in [-0.39, 0.29) is 29.8 Å². The molecule has 11 heteroatoms. The molecule has 1 fully saturated rings. The van der Waals surface area contributed by atoms with Crippen LogP contribution in [0.2, 0.25) is 0 Å². The smallest absolute Gasteiger partial charge is 0.315 e. The number of imidazole rings is 2. The van der Waals surface area contributed by atoms with Crippen molar-refractivity contribution in [3.05, 3.63) is 66.7 Å². The number of likely N-dealkylation sites (tertiary alicyclic amines) is 1. The Hall–Kier alpha value is -4.93. The van der Waals surface area contributed by atoms with Gasteiger partial charge in [0.2, 0.25) is 17.8 Å². The highest BCUT2D eigenvalue weighted by molar-refractivity contribution is 5.88. The number of nitrogens with zero attached hydrogens (tertiary/aromatic N) is 3. The number of aromatic nitrogens is 4. The predicted molar refractivity (Wildman–Crippen MR) is 161 cm³/mol. The number of nitrogens with one attached hydrogen (secondary N) is 5. The summed E-state index contributed by atoms with van der Waals surface area (Å²) in [5, 5.41) is 7.97. The number of H-pyrrole nitrogens is 2. The van der Waals surface area contributed by atoms with Gasteiger partial charge < -0.3 is 25.5 Å². The molecule has 2 aromatic carbocycles. The molecule has 5 N–H and O–H groups in total. The number of hydrogen-bond donors (Lipinski definition) is 5. The molecule has 1 aliphatic rings. The van der Waals surface area contributed by atoms with Crippen LogP contribution in [0.15, 0.2) is 60.9 Å². The van der Waals surface area contributed by atoms with Crippen LogP contribution < -0.4 is 16.0 Å². The van der Waals surface area contributed by atoms with Crippen molar-refractivity contribution in [2.75, 3.05) is 18.9 Å². The second kappa shape index (κ2) is 12.3. The zero-order valence-electron chi connectivity index (χ0n) is 24.2. The lowest BCUT2D eigenvalue weighted by molar-refractivity contribution is -0.135. The lowest BCUT2D eigenvalue weighted by Crippen LogP contribution is -2.53. The third kappa shape index (κ3) is 6.19. The van der Waals surface area contributed by atoms with Gasteiger partial charge in [-0.25, -0.2) is 14.8 Å². The van der Waals surface area contributed by atoms with Gasteiger partial charge in [-0.05, 0) is 41.0 Å². The summed E-state index contributed by atoms with van der Waals surface area (Å²) >= 11 is 0. The molecule has 0 spiro atoms. The minimum atomic E-state index is -0.609. The molecule has 1 aliphatic heterocycles. The number of carbonyl (C=O) groups excluding carboxylic acids is 3. The fourth-order valence-corrected chi connectivity index (χ4v) is 5.26. The molecule has 4 aromatic rings. The van der Waals surface area contributed by atoms with E-state index in [1.165, 1.54) is 14.0 Å². The molecule has 5 rings (SSSR count). The van der Waals surface area contributed by atoms with Crippen LogP contribution in [-0.2, 0) is 9.59 Å². The number of benzene rings is 2. The second-order valence-corrected chi connectivity index (χ2v) is 10.8. The van der Waals surface area contributed by atoms with Gasteiger partial charge in [0.15, 0.2) is 0 Å². The highest BCUT2D eigenvalue weighted by Gasteiger charge is 2.37. The largest absolute Gasteiger partial charge is 0.341 e. The number of amides is 4. The predicted octanol–water partition coefficient (Wildman–Crippen LogP) is 4.71. The molecule has 3 heterocycles. The van der Waals surface area contributed by atoms with E-state index >= 15 is 0 Å². The molecule has 11 nitrogen and oxygen atoms in total. The summed E-state index contributed by atoms with van der Waals surface area (Å²) in [7, 11) is 1.54. The zero-order chi connectivity index (χ0) is 29.8. The minimum Gasteiger partial charge on any atom is -0.341 e. The third-order valence-corrected chi connectivity index (χ3v) is 7.49. The van der Waals surface area contributed by atoms with Crippen molar-refractivity contribution in [3.8, 4) is 33.6 Å². The Morgan fingerprint density at radius 2 is 1.45 bits per heavy atom. The molecule has 4 amide bonds. The Labute approximate surface area is 244 Å². The van der Waals surface area contributed by atoms with Crippen molar-refractivity contribution in [2.45, 2.75) is 45.7 Å². The van der Waals surface area contributed by atoms with E-state index in [4.69, 9.17) is 0 Å². The normalized spacial score (nSPS) is 15.5. The molecule has 2 unspecified atom stereocenters. The number of anilines is 1. The fraction of sp³-hybridized carbons (Fsp3) is 0.323. The molecule has 0 bridgehead atoms. The number of rotatable bonds is 8. The van der Waals surface area contributed by atoms with Crippen LogP contribution >= 0.6 is 0 Å². The average molecular weight is 569 g/mol. The van der Waals surface area contributed by atoms with Gasteiger partial charge in [-0.1, -0.05) is 62.4 Å². The minimum absolute atomic E-state index is 0.0497. The Bertz CT molecular complexity index is 1560. The van der Waals surface area contributed by atoms with E-state index in [0.29, 0.717) is 12.5 Å². The van der Waals surface area contributed by atoms with E-state index in [9.17, 15) is 14.4 Å². The van der Waals surface area contributed by atoms with E-state index in [0.717, 1.165) is 52.3 Å². The van der Waals surface area contributed by atoms with Crippen LogP contribution in [-0.4, -0.2) is 62.3 Å². The monoisotopic (exact) mass is 568 g/mol. The van der Waals surface area contributed by atoms with E-state index in [2.05, 4.69) is 60.2 Å². The van der Waals surface area contributed by atoms with E-state index in [1.54, 1.807) is 6.20 Å². The zero-order valence-corrected chi connectivity index (χ0v) is 24.2. The van der Waals surface area contributed by atoms with Crippen molar-refractivity contribution < 1.29 is 14.4 Å². The summed E-state index contributed by atoms with van der Waals surface area (Å²) < 4.78 is 0. The first kappa shape index (κ1) is 28.6. The fourth-order valence-electron chi connectivity index (χ4n) is 5.26. The molecule has 0 aliphatic carbocycles. The van der Waals surface area contributed by atoms with Gasteiger partial charge in [0, 0.05) is 20.5 Å². The summed E-state index contributed by atoms with van der Waals surface area (Å²) in [5.74, 6) is 0.850. The molecule has 2 atom stereocenters. The molecule has 2 aromatic heterocycles. The van der Waals surface area contributed by atoms with Crippen LogP contribution in [0.25, 0.3) is 33.6 Å². The lowest BCUT2D eigenvalue weighted by atomic mass is 10.0. The first-order valence-corrected chi connectivity index (χ1v) is 14.1. The molecule has 1 saturated heterocycles. The summed E-state index contributed by atoms with van der Waals surface area (Å²) in [6.07, 6.45) is 5.19. The Balaban J connectivity index is 1.27. The van der Waals surface area contributed by atoms with Gasteiger partial charge >= 0.3 is 6.03 Å². The first-order chi connectivity index (χ1) is 20.2. The topological polar surface area (TPSA) is 148 Å². The van der Waals surface area contributed by atoms with Crippen LogP contribution in [0, 0.1) is 5.92 Å². The van der Waals surface area contributed by atoms with Gasteiger partial charge in [0.25, 0.3) is 0 Å².